The first kappa shape index (κ1) is 16.7. The number of imidazole rings is 1. The maximum atomic E-state index is 11.2. The number of hydrogen-bond acceptors (Lipinski definition) is 2. The van der Waals surface area contributed by atoms with E-state index in [0.29, 0.717) is 12.1 Å². The zero-order valence-corrected chi connectivity index (χ0v) is 14.4. The van der Waals surface area contributed by atoms with Crippen molar-refractivity contribution < 1.29 is 9.90 Å². The van der Waals surface area contributed by atoms with E-state index in [2.05, 4.69) is 23.3 Å². The van der Waals surface area contributed by atoms with Crippen LogP contribution in [-0.4, -0.2) is 20.6 Å². The van der Waals surface area contributed by atoms with Crippen LogP contribution in [0.3, 0.4) is 0 Å². The molecule has 1 N–H and O–H groups in total. The molecule has 0 radical (unpaired) electrons. The van der Waals surface area contributed by atoms with Crippen LogP contribution in [0.25, 0.3) is 15.9 Å². The number of fused-ring (bicyclic) bond motifs is 1. The summed E-state index contributed by atoms with van der Waals surface area (Å²) < 4.78 is 2.12. The molecular weight excluding hydrogens is 314 g/mol. The lowest BCUT2D eigenvalue weighted by Crippen LogP contribution is -2.07. The molecule has 0 aliphatic heterocycles. The van der Waals surface area contributed by atoms with Gasteiger partial charge in [-0.3, -0.25) is 0 Å². The molecule has 1 aromatic heterocycles. The number of aryl methyl sites for hydroxylation is 1. The van der Waals surface area contributed by atoms with Crippen LogP contribution in [0, 0.1) is 13.5 Å². The van der Waals surface area contributed by atoms with Gasteiger partial charge >= 0.3 is 5.97 Å². The van der Waals surface area contributed by atoms with Gasteiger partial charge in [0.2, 0.25) is 0 Å². The highest BCUT2D eigenvalue weighted by Crippen LogP contribution is 2.29. The molecule has 0 aliphatic carbocycles. The number of hydrogen-bond donors (Lipinski definition) is 1. The van der Waals surface area contributed by atoms with E-state index in [1.165, 1.54) is 0 Å². The minimum Gasteiger partial charge on any atom is -0.478 e. The van der Waals surface area contributed by atoms with Gasteiger partial charge in [-0.05, 0) is 56.2 Å². The van der Waals surface area contributed by atoms with E-state index in [4.69, 9.17) is 11.6 Å². The van der Waals surface area contributed by atoms with Crippen molar-refractivity contribution in [3.8, 4) is 0 Å². The highest BCUT2D eigenvalue weighted by molar-refractivity contribution is 5.87. The summed E-state index contributed by atoms with van der Waals surface area (Å²) in [6.07, 6.45) is 0.542. The van der Waals surface area contributed by atoms with Crippen LogP contribution < -0.4 is 0 Å². The van der Waals surface area contributed by atoms with E-state index in [-0.39, 0.29) is 11.6 Å². The lowest BCUT2D eigenvalue weighted by Gasteiger charge is -2.13. The second-order valence-electron chi connectivity index (χ2n) is 6.41. The van der Waals surface area contributed by atoms with Gasteiger partial charge in [-0.1, -0.05) is 12.1 Å². The van der Waals surface area contributed by atoms with Crippen LogP contribution in [0.4, 0.5) is 5.69 Å². The first-order valence-electron chi connectivity index (χ1n) is 8.12. The predicted molar refractivity (Wildman–Crippen MR) is 97.3 cm³/mol. The van der Waals surface area contributed by atoms with Crippen molar-refractivity contribution in [1.29, 1.82) is 0 Å². The number of benzene rings is 2. The average Bonchev–Trinajstić information content (AvgIpc) is 2.90. The summed E-state index contributed by atoms with van der Waals surface area (Å²) in [6, 6.07) is 10.9. The van der Waals surface area contributed by atoms with Crippen LogP contribution in [0.5, 0.6) is 0 Å². The number of nitrogens with zero attached hydrogens (tertiary/aromatic N) is 3. The third-order valence-electron chi connectivity index (χ3n) is 4.25. The molecule has 0 atom stereocenters. The molecule has 5 nitrogen and oxygen atoms in total. The number of carboxylic acid groups (broad SMARTS) is 1. The van der Waals surface area contributed by atoms with Crippen LogP contribution in [0.15, 0.2) is 36.4 Å². The van der Waals surface area contributed by atoms with Crippen LogP contribution in [0.1, 0.15) is 47.2 Å². The first-order valence-corrected chi connectivity index (χ1v) is 8.12. The number of aromatic carboxylic acids is 1. The fourth-order valence-corrected chi connectivity index (χ4v) is 3.10. The van der Waals surface area contributed by atoms with E-state index in [1.807, 2.05) is 25.1 Å². The lowest BCUT2D eigenvalue weighted by molar-refractivity contribution is 0.0696. The Kier molecular flexibility index (Phi) is 4.28. The summed E-state index contributed by atoms with van der Waals surface area (Å²) in [7, 11) is 0. The third-order valence-corrected chi connectivity index (χ3v) is 4.25. The minimum absolute atomic E-state index is 0.184. The Hall–Kier alpha value is -3.13. The van der Waals surface area contributed by atoms with Crippen molar-refractivity contribution in [1.82, 2.24) is 9.55 Å². The zero-order chi connectivity index (χ0) is 18.1. The van der Waals surface area contributed by atoms with E-state index >= 15 is 0 Å². The minimum atomic E-state index is -0.934. The second kappa shape index (κ2) is 6.40. The summed E-state index contributed by atoms with van der Waals surface area (Å²) in [6.45, 7) is 13.4. The molecule has 5 heteroatoms. The molecule has 25 heavy (non-hydrogen) atoms. The monoisotopic (exact) mass is 333 g/mol. The highest BCUT2D eigenvalue weighted by atomic mass is 16.4. The molecule has 0 spiro atoms. The van der Waals surface area contributed by atoms with Gasteiger partial charge in [0.05, 0.1) is 23.2 Å². The summed E-state index contributed by atoms with van der Waals surface area (Å²) in [5, 5.41) is 9.17. The highest BCUT2D eigenvalue weighted by Gasteiger charge is 2.16. The first-order chi connectivity index (χ1) is 11.9. The molecule has 0 saturated heterocycles. The van der Waals surface area contributed by atoms with E-state index in [1.54, 1.807) is 18.2 Å². The number of rotatable bonds is 4. The standard InChI is InChI=1S/C20H19N3O2/c1-12(2)23-18-11-16(21-4)13(3)8-17(18)22-19(23)10-14-6-5-7-15(9-14)20(24)25/h5-9,11-12H,10H2,1-3H3,(H,24,25). The molecule has 126 valence electrons. The topological polar surface area (TPSA) is 59.5 Å². The second-order valence-corrected chi connectivity index (χ2v) is 6.41. The number of aromatic nitrogens is 2. The van der Waals surface area contributed by atoms with Gasteiger partial charge in [0.1, 0.15) is 5.82 Å². The van der Waals surface area contributed by atoms with Gasteiger partial charge < -0.3 is 9.67 Å². The number of carbonyl (C=O) groups is 1. The summed E-state index contributed by atoms with van der Waals surface area (Å²) in [4.78, 5) is 19.5. The Morgan fingerprint density at radius 3 is 2.72 bits per heavy atom. The number of carboxylic acids is 1. The van der Waals surface area contributed by atoms with Gasteiger partial charge in [-0.25, -0.2) is 14.6 Å². The summed E-state index contributed by atoms with van der Waals surface area (Å²) >= 11 is 0. The van der Waals surface area contributed by atoms with E-state index < -0.39 is 5.97 Å². The van der Waals surface area contributed by atoms with Crippen LogP contribution in [-0.2, 0) is 6.42 Å². The molecule has 2 aromatic carbocycles. The van der Waals surface area contributed by atoms with Crippen molar-refractivity contribution in [2.45, 2.75) is 33.2 Å². The van der Waals surface area contributed by atoms with Gasteiger partial charge in [-0.2, -0.15) is 0 Å². The summed E-state index contributed by atoms with van der Waals surface area (Å²) in [5.74, 6) is -0.0643. The Morgan fingerprint density at radius 2 is 2.08 bits per heavy atom. The average molecular weight is 333 g/mol. The molecule has 0 unspecified atom stereocenters. The van der Waals surface area contributed by atoms with Gasteiger partial charge in [0.15, 0.2) is 5.69 Å². The molecule has 3 aromatic rings. The fraction of sp³-hybridized carbons (Fsp3) is 0.250. The van der Waals surface area contributed by atoms with Crippen LogP contribution in [0.2, 0.25) is 0 Å². The van der Waals surface area contributed by atoms with Crippen molar-refractivity contribution in [2.75, 3.05) is 0 Å². The third kappa shape index (κ3) is 3.11. The van der Waals surface area contributed by atoms with Crippen molar-refractivity contribution in [2.24, 2.45) is 0 Å². The van der Waals surface area contributed by atoms with Gasteiger partial charge in [0, 0.05) is 12.5 Å². The lowest BCUT2D eigenvalue weighted by atomic mass is 10.1. The fourth-order valence-electron chi connectivity index (χ4n) is 3.10. The largest absolute Gasteiger partial charge is 0.478 e. The van der Waals surface area contributed by atoms with E-state index in [0.717, 1.165) is 28.0 Å². The molecule has 0 bridgehead atoms. The molecule has 0 saturated carbocycles. The quantitative estimate of drug-likeness (QED) is 0.700. The zero-order valence-electron chi connectivity index (χ0n) is 14.4. The predicted octanol–water partition coefficient (Wildman–Crippen LogP) is 4.77. The molecule has 0 amide bonds. The van der Waals surface area contributed by atoms with Gasteiger partial charge in [0.25, 0.3) is 0 Å². The maximum absolute atomic E-state index is 11.2. The maximum Gasteiger partial charge on any atom is 0.335 e. The van der Waals surface area contributed by atoms with Crippen molar-refractivity contribution >= 4 is 22.7 Å². The normalized spacial score (nSPS) is 11.0. The van der Waals surface area contributed by atoms with Crippen molar-refractivity contribution in [3.63, 3.8) is 0 Å². The van der Waals surface area contributed by atoms with Gasteiger partial charge in [-0.15, -0.1) is 0 Å². The van der Waals surface area contributed by atoms with Crippen LogP contribution >= 0.6 is 0 Å². The molecule has 1 heterocycles. The molecule has 3 rings (SSSR count). The molecule has 0 aliphatic rings. The Morgan fingerprint density at radius 1 is 1.32 bits per heavy atom. The Balaban J connectivity index is 2.13. The Bertz CT molecular complexity index is 1010. The molecule has 0 fully saturated rings. The van der Waals surface area contributed by atoms with E-state index in [9.17, 15) is 9.90 Å². The smallest absolute Gasteiger partial charge is 0.335 e. The molecular formula is C20H19N3O2. The Labute approximate surface area is 146 Å². The van der Waals surface area contributed by atoms with Crippen molar-refractivity contribution in [3.05, 3.63) is 70.3 Å². The summed E-state index contributed by atoms with van der Waals surface area (Å²) in [5.41, 5.74) is 4.53. The SMILES string of the molecule is [C-]#[N+]c1cc2c(cc1C)nc(Cc1cccc(C(=O)O)c1)n2C(C)C.